The van der Waals surface area contributed by atoms with Crippen LogP contribution in [0.5, 0.6) is 0 Å². The van der Waals surface area contributed by atoms with Crippen LogP contribution >= 0.6 is 0 Å². The van der Waals surface area contributed by atoms with Gasteiger partial charge in [-0.1, -0.05) is 44.2 Å². The van der Waals surface area contributed by atoms with Crippen molar-refractivity contribution >= 4 is 0 Å². The van der Waals surface area contributed by atoms with Gasteiger partial charge in [0.05, 0.1) is 0 Å². The predicted molar refractivity (Wildman–Crippen MR) is 59.7 cm³/mol. The molecule has 1 rings (SSSR count). The molecule has 0 heteroatoms. The number of hydrogen-bond acceptors (Lipinski definition) is 0. The second kappa shape index (κ2) is 3.95. The van der Waals surface area contributed by atoms with E-state index in [0.717, 1.165) is 0 Å². The Balaban J connectivity index is 2.97. The lowest BCUT2D eigenvalue weighted by molar-refractivity contribution is 0.377. The van der Waals surface area contributed by atoms with Crippen LogP contribution in [0.25, 0.3) is 0 Å². The molecule has 72 valence electrons. The molecule has 0 spiro atoms. The fourth-order valence-electron chi connectivity index (χ4n) is 2.17. The highest BCUT2D eigenvalue weighted by Crippen LogP contribution is 2.40. The topological polar surface area (TPSA) is 0 Å². The minimum absolute atomic E-state index is 0.363. The molecular formula is C13H20. The molecule has 0 aliphatic heterocycles. The average molecular weight is 176 g/mol. The first-order chi connectivity index (χ1) is 6.08. The standard InChI is InChI=1S/C13H20/c1-5-6-9-12-11(2)8-7-10-13(12,3)4/h5-6,9H,1,7-8,10H2,2-4H3. The second-order valence-corrected chi connectivity index (χ2v) is 4.53. The first-order valence-corrected chi connectivity index (χ1v) is 5.07. The quantitative estimate of drug-likeness (QED) is 0.552. The minimum Gasteiger partial charge on any atom is -0.0991 e. The van der Waals surface area contributed by atoms with Crippen molar-refractivity contribution in [2.24, 2.45) is 5.41 Å². The Morgan fingerprint density at radius 3 is 2.62 bits per heavy atom. The fraction of sp³-hybridized carbons (Fsp3) is 0.538. The number of allylic oxidation sites excluding steroid dienone is 5. The van der Waals surface area contributed by atoms with E-state index < -0.39 is 0 Å². The van der Waals surface area contributed by atoms with E-state index in [1.165, 1.54) is 24.8 Å². The van der Waals surface area contributed by atoms with E-state index >= 15 is 0 Å². The minimum atomic E-state index is 0.363. The molecule has 0 bridgehead atoms. The first kappa shape index (κ1) is 10.3. The molecule has 0 amide bonds. The largest absolute Gasteiger partial charge is 0.0991 e. The lowest BCUT2D eigenvalue weighted by Gasteiger charge is -2.32. The Hall–Kier alpha value is -0.780. The van der Waals surface area contributed by atoms with E-state index in [0.29, 0.717) is 5.41 Å². The van der Waals surface area contributed by atoms with Crippen molar-refractivity contribution in [3.05, 3.63) is 36.0 Å². The summed E-state index contributed by atoms with van der Waals surface area (Å²) in [4.78, 5) is 0. The van der Waals surface area contributed by atoms with Crippen molar-refractivity contribution in [1.29, 1.82) is 0 Å². The van der Waals surface area contributed by atoms with E-state index in [1.807, 2.05) is 12.2 Å². The maximum Gasteiger partial charge on any atom is -0.0104 e. The molecule has 0 unspecified atom stereocenters. The molecule has 0 aromatic rings. The molecule has 0 saturated heterocycles. The molecule has 0 heterocycles. The maximum atomic E-state index is 3.71. The lowest BCUT2D eigenvalue weighted by Crippen LogP contribution is -2.18. The Morgan fingerprint density at radius 2 is 2.08 bits per heavy atom. The Labute approximate surface area is 82.0 Å². The molecule has 0 aromatic carbocycles. The number of hydrogen-bond donors (Lipinski definition) is 0. The maximum absolute atomic E-state index is 3.71. The van der Waals surface area contributed by atoms with Crippen LogP contribution in [-0.4, -0.2) is 0 Å². The van der Waals surface area contributed by atoms with Gasteiger partial charge in [0, 0.05) is 0 Å². The van der Waals surface area contributed by atoms with Crippen molar-refractivity contribution in [3.63, 3.8) is 0 Å². The zero-order valence-corrected chi connectivity index (χ0v) is 9.06. The third kappa shape index (κ3) is 2.33. The summed E-state index contributed by atoms with van der Waals surface area (Å²) in [7, 11) is 0. The van der Waals surface area contributed by atoms with Gasteiger partial charge in [0.25, 0.3) is 0 Å². The predicted octanol–water partition coefficient (Wildman–Crippen LogP) is 4.26. The number of rotatable bonds is 2. The van der Waals surface area contributed by atoms with Crippen LogP contribution in [0.2, 0.25) is 0 Å². The van der Waals surface area contributed by atoms with Crippen LogP contribution in [0, 0.1) is 5.41 Å². The summed E-state index contributed by atoms with van der Waals surface area (Å²) in [6.45, 7) is 10.6. The lowest BCUT2D eigenvalue weighted by atomic mass is 9.73. The van der Waals surface area contributed by atoms with Gasteiger partial charge in [0.15, 0.2) is 0 Å². The van der Waals surface area contributed by atoms with Crippen molar-refractivity contribution in [2.45, 2.75) is 40.0 Å². The Morgan fingerprint density at radius 1 is 1.38 bits per heavy atom. The van der Waals surface area contributed by atoms with Crippen molar-refractivity contribution in [3.8, 4) is 0 Å². The fourth-order valence-corrected chi connectivity index (χ4v) is 2.17. The molecule has 0 aromatic heterocycles. The highest BCUT2D eigenvalue weighted by molar-refractivity contribution is 5.33. The third-order valence-corrected chi connectivity index (χ3v) is 2.94. The normalized spacial score (nSPS) is 22.4. The zero-order chi connectivity index (χ0) is 9.90. The van der Waals surface area contributed by atoms with Gasteiger partial charge in [-0.2, -0.15) is 0 Å². The van der Waals surface area contributed by atoms with Crippen LogP contribution in [0.15, 0.2) is 36.0 Å². The summed E-state index contributed by atoms with van der Waals surface area (Å²) in [5.74, 6) is 0. The second-order valence-electron chi connectivity index (χ2n) is 4.53. The van der Waals surface area contributed by atoms with Gasteiger partial charge in [-0.3, -0.25) is 0 Å². The highest BCUT2D eigenvalue weighted by Gasteiger charge is 2.26. The van der Waals surface area contributed by atoms with E-state index in [9.17, 15) is 0 Å². The summed E-state index contributed by atoms with van der Waals surface area (Å²) in [5, 5.41) is 0. The Kier molecular flexibility index (Phi) is 3.13. The molecule has 0 nitrogen and oxygen atoms in total. The molecule has 1 aliphatic rings. The van der Waals surface area contributed by atoms with Crippen molar-refractivity contribution in [1.82, 2.24) is 0 Å². The average Bonchev–Trinajstić information content (AvgIpc) is 2.02. The molecule has 0 N–H and O–H groups in total. The summed E-state index contributed by atoms with van der Waals surface area (Å²) >= 11 is 0. The van der Waals surface area contributed by atoms with Crippen LogP contribution < -0.4 is 0 Å². The van der Waals surface area contributed by atoms with E-state index in [-0.39, 0.29) is 0 Å². The van der Waals surface area contributed by atoms with Gasteiger partial charge in [-0.15, -0.1) is 0 Å². The molecule has 0 atom stereocenters. The third-order valence-electron chi connectivity index (χ3n) is 2.94. The first-order valence-electron chi connectivity index (χ1n) is 5.07. The van der Waals surface area contributed by atoms with Gasteiger partial charge in [-0.05, 0) is 37.2 Å². The van der Waals surface area contributed by atoms with E-state index in [1.54, 1.807) is 5.57 Å². The molecule has 0 saturated carbocycles. The van der Waals surface area contributed by atoms with Crippen LogP contribution in [0.4, 0.5) is 0 Å². The smallest absolute Gasteiger partial charge is 0.0104 e. The van der Waals surface area contributed by atoms with Gasteiger partial charge in [-0.25, -0.2) is 0 Å². The molecule has 13 heavy (non-hydrogen) atoms. The summed E-state index contributed by atoms with van der Waals surface area (Å²) in [5.41, 5.74) is 3.43. The van der Waals surface area contributed by atoms with Gasteiger partial charge in [0.2, 0.25) is 0 Å². The molecule has 0 fully saturated rings. The van der Waals surface area contributed by atoms with Crippen LogP contribution in [0.3, 0.4) is 0 Å². The Bertz CT molecular complexity index is 251. The summed E-state index contributed by atoms with van der Waals surface area (Å²) in [6.07, 6.45) is 10.0. The monoisotopic (exact) mass is 176 g/mol. The summed E-state index contributed by atoms with van der Waals surface area (Å²) in [6, 6.07) is 0. The van der Waals surface area contributed by atoms with Gasteiger partial charge >= 0.3 is 0 Å². The molecule has 1 aliphatic carbocycles. The van der Waals surface area contributed by atoms with Crippen LogP contribution in [0.1, 0.15) is 40.0 Å². The summed E-state index contributed by atoms with van der Waals surface area (Å²) < 4.78 is 0. The van der Waals surface area contributed by atoms with Crippen molar-refractivity contribution in [2.75, 3.05) is 0 Å². The van der Waals surface area contributed by atoms with Crippen LogP contribution in [-0.2, 0) is 0 Å². The van der Waals surface area contributed by atoms with Crippen molar-refractivity contribution < 1.29 is 0 Å². The van der Waals surface area contributed by atoms with E-state index in [2.05, 4.69) is 33.4 Å². The molecular weight excluding hydrogens is 156 g/mol. The highest BCUT2D eigenvalue weighted by atomic mass is 14.3. The SMILES string of the molecule is C=CC=CC1=C(C)CCCC1(C)C. The van der Waals surface area contributed by atoms with Gasteiger partial charge < -0.3 is 0 Å². The molecule has 0 radical (unpaired) electrons. The van der Waals surface area contributed by atoms with Gasteiger partial charge in [0.1, 0.15) is 0 Å². The van der Waals surface area contributed by atoms with E-state index in [4.69, 9.17) is 0 Å². The zero-order valence-electron chi connectivity index (χ0n) is 9.06.